The van der Waals surface area contributed by atoms with Crippen LogP contribution in [0.1, 0.15) is 44.6 Å². The summed E-state index contributed by atoms with van der Waals surface area (Å²) in [5, 5.41) is 16.1. The summed E-state index contributed by atoms with van der Waals surface area (Å²) in [6.45, 7) is 7.83. The van der Waals surface area contributed by atoms with Gasteiger partial charge in [0.15, 0.2) is 5.96 Å². The summed E-state index contributed by atoms with van der Waals surface area (Å²) in [7, 11) is 0. The third kappa shape index (κ3) is 8.34. The van der Waals surface area contributed by atoms with Crippen LogP contribution in [0.4, 0.5) is 0 Å². The molecular weight excluding hydrogens is 467 g/mol. The van der Waals surface area contributed by atoms with Crippen molar-refractivity contribution in [2.75, 3.05) is 39.3 Å². The molecule has 7 heteroatoms. The van der Waals surface area contributed by atoms with E-state index in [1.54, 1.807) is 0 Å². The number of aliphatic imine (C=N–C) groups is 1. The highest BCUT2D eigenvalue weighted by Crippen LogP contribution is 2.16. The first-order valence-electron chi connectivity index (χ1n) is 10.1. The average Bonchev–Trinajstić information content (AvgIpc) is 2.69. The Morgan fingerprint density at radius 1 is 1.32 bits per heavy atom. The Morgan fingerprint density at radius 3 is 2.71 bits per heavy atom. The highest BCUT2D eigenvalue weighted by atomic mass is 127. The van der Waals surface area contributed by atoms with Crippen molar-refractivity contribution >= 4 is 35.8 Å². The van der Waals surface area contributed by atoms with Gasteiger partial charge in [0.1, 0.15) is 0 Å². The van der Waals surface area contributed by atoms with Crippen LogP contribution in [0.2, 0.25) is 0 Å². The number of aliphatic hydroxyl groups is 1. The SMILES string of the molecule is CCNC(=NCC(CO)c1ccccc1)NCCC(=O)N1CCCC(C)C1.I. The van der Waals surface area contributed by atoms with Gasteiger partial charge in [-0.25, -0.2) is 0 Å². The van der Waals surface area contributed by atoms with E-state index in [1.807, 2.05) is 42.2 Å². The Kier molecular flexibility index (Phi) is 12.1. The van der Waals surface area contributed by atoms with Crippen LogP contribution in [-0.4, -0.2) is 61.2 Å². The molecule has 1 aromatic rings. The molecule has 2 unspecified atom stereocenters. The Hall–Kier alpha value is -1.35. The van der Waals surface area contributed by atoms with Crippen molar-refractivity contribution in [3.63, 3.8) is 0 Å². The Labute approximate surface area is 186 Å². The first-order chi connectivity index (χ1) is 13.1. The molecule has 0 spiro atoms. The lowest BCUT2D eigenvalue weighted by Crippen LogP contribution is -2.42. The van der Waals surface area contributed by atoms with Crippen LogP contribution in [0, 0.1) is 5.92 Å². The van der Waals surface area contributed by atoms with Crippen LogP contribution in [0.3, 0.4) is 0 Å². The lowest BCUT2D eigenvalue weighted by atomic mass is 10.00. The topological polar surface area (TPSA) is 77.0 Å². The van der Waals surface area contributed by atoms with Crippen LogP contribution in [0.5, 0.6) is 0 Å². The minimum atomic E-state index is -0.0295. The summed E-state index contributed by atoms with van der Waals surface area (Å²) in [4.78, 5) is 18.9. The van der Waals surface area contributed by atoms with Gasteiger partial charge in [0.25, 0.3) is 0 Å². The minimum absolute atomic E-state index is 0. The zero-order chi connectivity index (χ0) is 19.5. The van der Waals surface area contributed by atoms with Gasteiger partial charge in [0.2, 0.25) is 5.91 Å². The predicted molar refractivity (Wildman–Crippen MR) is 125 cm³/mol. The highest BCUT2D eigenvalue weighted by molar-refractivity contribution is 14.0. The van der Waals surface area contributed by atoms with Crippen molar-refractivity contribution in [3.8, 4) is 0 Å². The molecule has 0 aromatic heterocycles. The number of piperidine rings is 1. The largest absolute Gasteiger partial charge is 0.396 e. The van der Waals surface area contributed by atoms with Crippen LogP contribution in [0.15, 0.2) is 35.3 Å². The van der Waals surface area contributed by atoms with Gasteiger partial charge in [-0.15, -0.1) is 24.0 Å². The third-order valence-corrected chi connectivity index (χ3v) is 4.95. The average molecular weight is 502 g/mol. The quantitative estimate of drug-likeness (QED) is 0.290. The van der Waals surface area contributed by atoms with E-state index < -0.39 is 0 Å². The maximum atomic E-state index is 12.4. The van der Waals surface area contributed by atoms with Gasteiger partial charge in [-0.05, 0) is 31.2 Å². The molecular formula is C21H35IN4O2. The predicted octanol–water partition coefficient (Wildman–Crippen LogP) is 2.58. The second-order valence-corrected chi connectivity index (χ2v) is 7.27. The molecule has 0 saturated carbocycles. The number of hydrogen-bond acceptors (Lipinski definition) is 3. The number of aliphatic hydroxyl groups excluding tert-OH is 1. The van der Waals surface area contributed by atoms with E-state index in [0.717, 1.165) is 31.6 Å². The van der Waals surface area contributed by atoms with Gasteiger partial charge in [0.05, 0.1) is 13.2 Å². The first-order valence-corrected chi connectivity index (χ1v) is 10.1. The number of rotatable bonds is 8. The molecule has 6 nitrogen and oxygen atoms in total. The van der Waals surface area contributed by atoms with Crippen LogP contribution in [-0.2, 0) is 4.79 Å². The Morgan fingerprint density at radius 2 is 2.07 bits per heavy atom. The maximum Gasteiger partial charge on any atom is 0.224 e. The van der Waals surface area contributed by atoms with Crippen molar-refractivity contribution in [3.05, 3.63) is 35.9 Å². The van der Waals surface area contributed by atoms with Crippen molar-refractivity contribution in [2.24, 2.45) is 10.9 Å². The third-order valence-electron chi connectivity index (χ3n) is 4.95. The normalized spacial score (nSPS) is 18.2. The molecule has 158 valence electrons. The number of halogens is 1. The highest BCUT2D eigenvalue weighted by Gasteiger charge is 2.20. The Balaban J connectivity index is 0.00000392. The van der Waals surface area contributed by atoms with E-state index in [4.69, 9.17) is 0 Å². The Bertz CT molecular complexity index is 597. The van der Waals surface area contributed by atoms with Crippen LogP contribution < -0.4 is 10.6 Å². The molecule has 28 heavy (non-hydrogen) atoms. The van der Waals surface area contributed by atoms with E-state index in [9.17, 15) is 9.90 Å². The lowest BCUT2D eigenvalue weighted by Gasteiger charge is -2.31. The smallest absolute Gasteiger partial charge is 0.224 e. The number of nitrogens with zero attached hydrogens (tertiary/aromatic N) is 2. The number of nitrogens with one attached hydrogen (secondary N) is 2. The number of likely N-dealkylation sites (tertiary alicyclic amines) is 1. The summed E-state index contributed by atoms with van der Waals surface area (Å²) < 4.78 is 0. The molecule has 1 amide bonds. The fraction of sp³-hybridized carbons (Fsp3) is 0.619. The lowest BCUT2D eigenvalue weighted by molar-refractivity contribution is -0.132. The van der Waals surface area contributed by atoms with E-state index in [2.05, 4.69) is 22.5 Å². The number of carbonyl (C=O) groups is 1. The molecule has 2 rings (SSSR count). The summed E-state index contributed by atoms with van der Waals surface area (Å²) in [6, 6.07) is 9.92. The molecule has 1 aliphatic heterocycles. The number of guanidine groups is 1. The number of benzene rings is 1. The summed E-state index contributed by atoms with van der Waals surface area (Å²) in [6.07, 6.45) is 2.79. The van der Waals surface area contributed by atoms with E-state index in [0.29, 0.717) is 31.4 Å². The van der Waals surface area contributed by atoms with Gasteiger partial charge >= 0.3 is 0 Å². The van der Waals surface area contributed by atoms with Gasteiger partial charge in [-0.1, -0.05) is 37.3 Å². The molecule has 1 saturated heterocycles. The van der Waals surface area contributed by atoms with Crippen molar-refractivity contribution < 1.29 is 9.90 Å². The summed E-state index contributed by atoms with van der Waals surface area (Å²) >= 11 is 0. The van der Waals surface area contributed by atoms with Gasteiger partial charge in [-0.2, -0.15) is 0 Å². The zero-order valence-electron chi connectivity index (χ0n) is 17.1. The van der Waals surface area contributed by atoms with Crippen molar-refractivity contribution in [2.45, 2.75) is 39.0 Å². The van der Waals surface area contributed by atoms with Crippen molar-refractivity contribution in [1.29, 1.82) is 0 Å². The minimum Gasteiger partial charge on any atom is -0.396 e. The summed E-state index contributed by atoms with van der Waals surface area (Å²) in [5.41, 5.74) is 1.08. The summed E-state index contributed by atoms with van der Waals surface area (Å²) in [5.74, 6) is 1.47. The number of amides is 1. The van der Waals surface area contributed by atoms with E-state index in [1.165, 1.54) is 6.42 Å². The molecule has 0 radical (unpaired) electrons. The molecule has 1 aromatic carbocycles. The van der Waals surface area contributed by atoms with E-state index in [-0.39, 0.29) is 42.4 Å². The molecule has 3 N–H and O–H groups in total. The van der Waals surface area contributed by atoms with Gasteiger partial charge in [-0.3, -0.25) is 9.79 Å². The number of hydrogen-bond donors (Lipinski definition) is 3. The molecule has 0 aliphatic carbocycles. The molecule has 1 aliphatic rings. The van der Waals surface area contributed by atoms with E-state index >= 15 is 0 Å². The molecule has 0 bridgehead atoms. The maximum absolute atomic E-state index is 12.4. The van der Waals surface area contributed by atoms with Crippen LogP contribution in [0.25, 0.3) is 0 Å². The second-order valence-electron chi connectivity index (χ2n) is 7.27. The van der Waals surface area contributed by atoms with Crippen LogP contribution >= 0.6 is 24.0 Å². The monoisotopic (exact) mass is 502 g/mol. The fourth-order valence-electron chi connectivity index (χ4n) is 3.40. The standard InChI is InChI=1S/C21H34N4O2.HI/c1-3-22-21(24-14-19(16-26)18-9-5-4-6-10-18)23-12-11-20(27)25-13-7-8-17(2)15-25;/h4-6,9-10,17,19,26H,3,7-8,11-16H2,1-2H3,(H2,22,23,24);1H. The second kappa shape index (κ2) is 13.8. The first kappa shape index (κ1) is 24.7. The molecule has 2 atom stereocenters. The fourth-order valence-corrected chi connectivity index (χ4v) is 3.40. The van der Waals surface area contributed by atoms with Gasteiger partial charge < -0.3 is 20.6 Å². The zero-order valence-corrected chi connectivity index (χ0v) is 19.4. The number of carbonyl (C=O) groups excluding carboxylic acids is 1. The molecule has 1 heterocycles. The van der Waals surface area contributed by atoms with Gasteiger partial charge in [0, 0.05) is 38.5 Å². The molecule has 1 fully saturated rings. The van der Waals surface area contributed by atoms with Crippen molar-refractivity contribution in [1.82, 2.24) is 15.5 Å².